The van der Waals surface area contributed by atoms with Gasteiger partial charge in [-0.1, -0.05) is 12.1 Å². The summed E-state index contributed by atoms with van der Waals surface area (Å²) in [6, 6.07) is 6.21. The van der Waals surface area contributed by atoms with Crippen molar-refractivity contribution in [2.45, 2.75) is 116 Å². The first-order chi connectivity index (χ1) is 28.3. The Bertz CT molecular complexity index is 1840. The fourth-order valence-electron chi connectivity index (χ4n) is 7.28. The van der Waals surface area contributed by atoms with E-state index in [4.69, 9.17) is 56.8 Å². The second-order valence-electron chi connectivity index (χ2n) is 13.7. The van der Waals surface area contributed by atoms with Gasteiger partial charge in [-0.3, -0.25) is 38.4 Å². The summed E-state index contributed by atoms with van der Waals surface area (Å²) in [4.78, 5) is 99.5. The minimum absolute atomic E-state index is 0.140. The highest BCUT2D eigenvalue weighted by atomic mass is 16.7. The van der Waals surface area contributed by atoms with Crippen LogP contribution in [0.15, 0.2) is 24.3 Å². The number of rotatable bonds is 14. The van der Waals surface area contributed by atoms with Gasteiger partial charge < -0.3 is 56.8 Å². The van der Waals surface area contributed by atoms with Crippen LogP contribution in [0.2, 0.25) is 0 Å². The number of hydrogen-bond acceptors (Lipinski definition) is 20. The molecule has 0 radical (unpaired) electrons. The fraction of sp³-hybridized carbons (Fsp3) is 0.550. The Morgan fingerprint density at radius 1 is 0.417 bits per heavy atom. The molecule has 2 aromatic carbocycles. The van der Waals surface area contributed by atoms with Crippen LogP contribution in [-0.2, 0) is 85.7 Å². The molecule has 20 nitrogen and oxygen atoms in total. The van der Waals surface area contributed by atoms with Crippen LogP contribution in [0.4, 0.5) is 0 Å². The Balaban J connectivity index is 2.08. The number of carbonyl (C=O) groups excluding carboxylic acids is 8. The third-order valence-corrected chi connectivity index (χ3v) is 9.19. The van der Waals surface area contributed by atoms with Crippen LogP contribution >= 0.6 is 0 Å². The van der Waals surface area contributed by atoms with Gasteiger partial charge in [0.2, 0.25) is 0 Å². The molecule has 4 rings (SSSR count). The van der Waals surface area contributed by atoms with Crippen molar-refractivity contribution in [1.82, 2.24) is 0 Å². The standard InChI is InChI=1S/C40H48O20/c1-17(41)51-15-29-33(53-19(3)43)37(55-21(5)45)39(57-23(7)47)35(59-29)31-25-11-14-28(50-10)32(26(25)12-13-27(31)49-9)36-40(58-24(8)48)38(56-22(6)46)34(54-20(4)44)30(60-36)16-52-18(2)42/h11-14,29-30,33-40H,15-16H2,1-10H3/t29-,30-,33-,34+,35+,36+,37+,38+,39+,40+/m1/s1. The molecular formula is C40H48O20. The Kier molecular flexibility index (Phi) is 15.8. The molecule has 0 amide bonds. The molecule has 0 bridgehead atoms. The van der Waals surface area contributed by atoms with E-state index in [2.05, 4.69) is 0 Å². The zero-order valence-electron chi connectivity index (χ0n) is 34.7. The lowest BCUT2D eigenvalue weighted by atomic mass is 9.84. The van der Waals surface area contributed by atoms with E-state index < -0.39 is 122 Å². The zero-order chi connectivity index (χ0) is 44.6. The van der Waals surface area contributed by atoms with Crippen LogP contribution < -0.4 is 9.47 Å². The van der Waals surface area contributed by atoms with E-state index in [1.165, 1.54) is 26.4 Å². The van der Waals surface area contributed by atoms with Crippen LogP contribution in [0.1, 0.15) is 78.7 Å². The highest BCUT2D eigenvalue weighted by Gasteiger charge is 2.55. The van der Waals surface area contributed by atoms with Gasteiger partial charge in [0.05, 0.1) is 14.2 Å². The molecule has 0 N–H and O–H groups in total. The van der Waals surface area contributed by atoms with Crippen molar-refractivity contribution < 1.29 is 95.2 Å². The van der Waals surface area contributed by atoms with Gasteiger partial charge >= 0.3 is 47.8 Å². The zero-order valence-corrected chi connectivity index (χ0v) is 34.7. The maximum atomic E-state index is 12.8. The molecule has 2 saturated heterocycles. The first kappa shape index (κ1) is 46.7. The van der Waals surface area contributed by atoms with Gasteiger partial charge in [-0.25, -0.2) is 0 Å². The minimum atomic E-state index is -1.54. The van der Waals surface area contributed by atoms with Gasteiger partial charge in [0, 0.05) is 66.5 Å². The molecule has 2 heterocycles. The summed E-state index contributed by atoms with van der Waals surface area (Å²) in [5.74, 6) is -6.17. The number of methoxy groups -OCH3 is 2. The van der Waals surface area contributed by atoms with Crippen LogP contribution in [0, 0.1) is 0 Å². The van der Waals surface area contributed by atoms with E-state index in [1.54, 1.807) is 12.1 Å². The molecule has 20 heteroatoms. The summed E-state index contributed by atoms with van der Waals surface area (Å²) < 4.78 is 69.2. The second kappa shape index (κ2) is 20.3. The van der Waals surface area contributed by atoms with Crippen molar-refractivity contribution in [1.29, 1.82) is 0 Å². The van der Waals surface area contributed by atoms with Gasteiger partial charge in [-0.05, 0) is 22.9 Å². The van der Waals surface area contributed by atoms with Gasteiger partial charge in [0.15, 0.2) is 36.6 Å². The number of carbonyl (C=O) groups is 8. The number of ether oxygens (including phenoxy) is 12. The smallest absolute Gasteiger partial charge is 0.303 e. The predicted octanol–water partition coefficient (Wildman–Crippen LogP) is 2.45. The van der Waals surface area contributed by atoms with Crippen molar-refractivity contribution in [2.75, 3.05) is 27.4 Å². The molecule has 0 aromatic heterocycles. The maximum Gasteiger partial charge on any atom is 0.303 e. The molecule has 0 unspecified atom stereocenters. The number of esters is 8. The summed E-state index contributed by atoms with van der Waals surface area (Å²) in [7, 11) is 2.69. The largest absolute Gasteiger partial charge is 0.496 e. The summed E-state index contributed by atoms with van der Waals surface area (Å²) in [6.45, 7) is 7.83. The van der Waals surface area contributed by atoms with Crippen LogP contribution in [0.25, 0.3) is 10.8 Å². The molecule has 2 aromatic rings. The van der Waals surface area contributed by atoms with Crippen LogP contribution in [-0.4, -0.2) is 124 Å². The van der Waals surface area contributed by atoms with Crippen molar-refractivity contribution >= 4 is 58.5 Å². The lowest BCUT2D eigenvalue weighted by Gasteiger charge is -2.45. The molecule has 10 atom stereocenters. The van der Waals surface area contributed by atoms with E-state index in [0.717, 1.165) is 55.4 Å². The van der Waals surface area contributed by atoms with Gasteiger partial charge in [-0.2, -0.15) is 0 Å². The average Bonchev–Trinajstić information content (AvgIpc) is 3.14. The van der Waals surface area contributed by atoms with Crippen LogP contribution in [0.5, 0.6) is 11.5 Å². The third kappa shape index (κ3) is 11.2. The Morgan fingerprint density at radius 2 is 0.700 bits per heavy atom. The molecule has 2 aliphatic heterocycles. The summed E-state index contributed by atoms with van der Waals surface area (Å²) in [6.07, 6.45) is -14.6. The van der Waals surface area contributed by atoms with Crippen molar-refractivity contribution in [3.05, 3.63) is 35.4 Å². The highest BCUT2D eigenvalue weighted by Crippen LogP contribution is 2.49. The van der Waals surface area contributed by atoms with Crippen molar-refractivity contribution in [3.63, 3.8) is 0 Å². The topological polar surface area (TPSA) is 247 Å². The quantitative estimate of drug-likeness (QED) is 0.196. The van der Waals surface area contributed by atoms with Gasteiger partial charge in [-0.15, -0.1) is 0 Å². The van der Waals surface area contributed by atoms with E-state index >= 15 is 0 Å². The monoisotopic (exact) mass is 848 g/mol. The summed E-state index contributed by atoms with van der Waals surface area (Å²) >= 11 is 0. The summed E-state index contributed by atoms with van der Waals surface area (Å²) in [5.41, 5.74) is 0.337. The van der Waals surface area contributed by atoms with E-state index in [0.29, 0.717) is 10.8 Å². The lowest BCUT2D eigenvalue weighted by molar-refractivity contribution is -0.254. The molecule has 2 aliphatic rings. The van der Waals surface area contributed by atoms with E-state index in [-0.39, 0.29) is 22.6 Å². The Labute approximate surface area is 344 Å². The predicted molar refractivity (Wildman–Crippen MR) is 199 cm³/mol. The molecule has 0 spiro atoms. The molecule has 60 heavy (non-hydrogen) atoms. The van der Waals surface area contributed by atoms with Gasteiger partial charge in [0.1, 0.15) is 49.1 Å². The summed E-state index contributed by atoms with van der Waals surface area (Å²) in [5, 5.41) is 0.581. The Hall–Kier alpha value is -6.02. The van der Waals surface area contributed by atoms with Crippen molar-refractivity contribution in [3.8, 4) is 11.5 Å². The minimum Gasteiger partial charge on any atom is -0.496 e. The normalized spacial score (nSPS) is 26.0. The first-order valence-electron chi connectivity index (χ1n) is 18.6. The lowest BCUT2D eigenvalue weighted by Crippen LogP contribution is -2.59. The highest BCUT2D eigenvalue weighted by molar-refractivity contribution is 5.93. The van der Waals surface area contributed by atoms with Crippen molar-refractivity contribution in [2.24, 2.45) is 0 Å². The second-order valence-corrected chi connectivity index (χ2v) is 13.7. The SMILES string of the molecule is COc1ccc2c([C@@H]3O[C@H](COC(C)=O)[C@H](OC(C)=O)[C@H](OC(C)=O)[C@H]3OC(C)=O)c(OC)ccc2c1[C@@H]1O[C@H](COC(C)=O)[C@@H](OC(C)=O)[C@H](OC(C)=O)[C@H]1OC(C)=O. The van der Waals surface area contributed by atoms with Gasteiger partial charge in [0.25, 0.3) is 0 Å². The van der Waals surface area contributed by atoms with E-state index in [9.17, 15) is 38.4 Å². The molecule has 0 saturated carbocycles. The number of benzene rings is 2. The molecule has 0 aliphatic carbocycles. The average molecular weight is 849 g/mol. The Morgan fingerprint density at radius 3 is 0.967 bits per heavy atom. The van der Waals surface area contributed by atoms with Crippen LogP contribution in [0.3, 0.4) is 0 Å². The maximum absolute atomic E-state index is 12.8. The molecule has 328 valence electrons. The fourth-order valence-corrected chi connectivity index (χ4v) is 7.28. The first-order valence-corrected chi connectivity index (χ1v) is 18.6. The van der Waals surface area contributed by atoms with E-state index in [1.807, 2.05) is 0 Å². The molecule has 2 fully saturated rings. The number of fused-ring (bicyclic) bond motifs is 1. The molecular weight excluding hydrogens is 800 g/mol. The number of hydrogen-bond donors (Lipinski definition) is 0. The third-order valence-electron chi connectivity index (χ3n) is 9.19.